The summed E-state index contributed by atoms with van der Waals surface area (Å²) in [7, 11) is 1.43. The quantitative estimate of drug-likeness (QED) is 0.139. The second-order valence-corrected chi connectivity index (χ2v) is 6.44. The van der Waals surface area contributed by atoms with E-state index in [0.29, 0.717) is 17.7 Å². The largest absolute Gasteiger partial charge is 0.508 e. The Kier molecular flexibility index (Phi) is 14.1. The van der Waals surface area contributed by atoms with E-state index in [0.717, 1.165) is 12.5 Å². The van der Waals surface area contributed by atoms with Gasteiger partial charge in [-0.2, -0.15) is 4.91 Å². The molecule has 8 heteroatoms. The van der Waals surface area contributed by atoms with Crippen LogP contribution in [0.3, 0.4) is 0 Å². The van der Waals surface area contributed by atoms with Gasteiger partial charge >= 0.3 is 5.97 Å². The minimum Gasteiger partial charge on any atom is -0.508 e. The van der Waals surface area contributed by atoms with Gasteiger partial charge in [0.15, 0.2) is 0 Å². The highest BCUT2D eigenvalue weighted by atomic mass is 16.6. The van der Waals surface area contributed by atoms with E-state index in [1.54, 1.807) is 19.9 Å². The summed E-state index contributed by atoms with van der Waals surface area (Å²) in [6, 6.07) is 2.48. The number of hydrogen-bond donors (Lipinski definition) is 2. The van der Waals surface area contributed by atoms with E-state index in [-0.39, 0.29) is 36.1 Å². The molecular weight excluding hydrogens is 388 g/mol. The maximum atomic E-state index is 12.3. The van der Waals surface area contributed by atoms with E-state index in [2.05, 4.69) is 10.3 Å². The van der Waals surface area contributed by atoms with Crippen LogP contribution in [0.1, 0.15) is 56.5 Å². The predicted octanol–water partition coefficient (Wildman–Crippen LogP) is 4.89. The second kappa shape index (κ2) is 15.7. The number of phenols is 2. The Morgan fingerprint density at radius 3 is 2.43 bits per heavy atom. The molecule has 0 radical (unpaired) electrons. The first-order chi connectivity index (χ1) is 14.3. The van der Waals surface area contributed by atoms with Crippen molar-refractivity contribution in [2.24, 2.45) is 10.3 Å². The van der Waals surface area contributed by atoms with Gasteiger partial charge in [0, 0.05) is 12.5 Å². The molecule has 0 spiro atoms. The molecule has 0 saturated carbocycles. The van der Waals surface area contributed by atoms with Crippen molar-refractivity contribution >= 4 is 11.7 Å². The maximum Gasteiger partial charge on any atom is 0.342 e. The lowest BCUT2D eigenvalue weighted by Gasteiger charge is -2.12. The molecule has 0 saturated heterocycles. The van der Waals surface area contributed by atoms with Crippen LogP contribution in [0, 0.1) is 4.91 Å². The number of nitrogens with zero attached hydrogens (tertiary/aromatic N) is 2. The molecule has 0 heterocycles. The van der Waals surface area contributed by atoms with E-state index in [4.69, 9.17) is 9.57 Å². The fourth-order valence-electron chi connectivity index (χ4n) is 2.19. The first-order valence-electron chi connectivity index (χ1n) is 9.72. The SMILES string of the molecule is C/C=C/CCOC(=O)c1c(O)cc(O)cc1CC(/C=C/CC)=N\OC.CC(C)N=O. The average molecular weight is 421 g/mol. The number of rotatable bonds is 10. The van der Waals surface area contributed by atoms with Crippen LogP contribution in [0.2, 0.25) is 0 Å². The number of hydrogen-bond acceptors (Lipinski definition) is 8. The van der Waals surface area contributed by atoms with E-state index < -0.39 is 5.97 Å². The van der Waals surface area contributed by atoms with Crippen LogP contribution in [-0.4, -0.2) is 41.7 Å². The van der Waals surface area contributed by atoms with Gasteiger partial charge in [0.1, 0.15) is 24.2 Å². The van der Waals surface area contributed by atoms with Gasteiger partial charge in [0.05, 0.1) is 18.4 Å². The molecule has 0 aromatic heterocycles. The Morgan fingerprint density at radius 2 is 1.90 bits per heavy atom. The Labute approximate surface area is 177 Å². The van der Waals surface area contributed by atoms with Crippen molar-refractivity contribution in [3.05, 3.63) is 52.5 Å². The number of benzene rings is 1. The predicted molar refractivity (Wildman–Crippen MR) is 118 cm³/mol. The Balaban J connectivity index is 0.00000150. The highest BCUT2D eigenvalue weighted by molar-refractivity contribution is 6.00. The lowest BCUT2D eigenvalue weighted by molar-refractivity contribution is 0.0507. The summed E-state index contributed by atoms with van der Waals surface area (Å²) in [5, 5.41) is 26.4. The highest BCUT2D eigenvalue weighted by Crippen LogP contribution is 2.29. The summed E-state index contributed by atoms with van der Waals surface area (Å²) in [6.07, 6.45) is 9.02. The number of carbonyl (C=O) groups excluding carboxylic acids is 1. The van der Waals surface area contributed by atoms with Crippen LogP contribution < -0.4 is 0 Å². The zero-order valence-electron chi connectivity index (χ0n) is 18.3. The van der Waals surface area contributed by atoms with Crippen LogP contribution in [0.5, 0.6) is 11.5 Å². The Hall–Kier alpha value is -3.16. The van der Waals surface area contributed by atoms with Crippen molar-refractivity contribution in [1.29, 1.82) is 0 Å². The van der Waals surface area contributed by atoms with Gasteiger partial charge in [-0.1, -0.05) is 35.5 Å². The summed E-state index contributed by atoms with van der Waals surface area (Å²) in [5.41, 5.74) is 0.981. The van der Waals surface area contributed by atoms with Crippen LogP contribution in [0.25, 0.3) is 0 Å². The van der Waals surface area contributed by atoms with Gasteiger partial charge < -0.3 is 19.8 Å². The number of carbonyl (C=O) groups is 1. The molecule has 0 unspecified atom stereocenters. The van der Waals surface area contributed by atoms with Crippen molar-refractivity contribution in [2.45, 2.75) is 53.0 Å². The van der Waals surface area contributed by atoms with Crippen LogP contribution in [0.4, 0.5) is 0 Å². The summed E-state index contributed by atoms with van der Waals surface area (Å²) in [5.74, 6) is -1.12. The lowest BCUT2D eigenvalue weighted by Crippen LogP contribution is -2.12. The summed E-state index contributed by atoms with van der Waals surface area (Å²) in [4.78, 5) is 26.4. The van der Waals surface area contributed by atoms with Crippen molar-refractivity contribution in [2.75, 3.05) is 13.7 Å². The molecule has 8 nitrogen and oxygen atoms in total. The third-order valence-corrected chi connectivity index (χ3v) is 3.48. The Bertz CT molecular complexity index is 754. The van der Waals surface area contributed by atoms with Crippen molar-refractivity contribution < 1.29 is 24.6 Å². The first kappa shape index (κ1) is 26.8. The minimum atomic E-state index is -0.645. The van der Waals surface area contributed by atoms with Crippen molar-refractivity contribution in [1.82, 2.24) is 0 Å². The number of nitroso groups, excluding NO2 is 1. The highest BCUT2D eigenvalue weighted by Gasteiger charge is 2.20. The van der Waals surface area contributed by atoms with E-state index in [1.165, 1.54) is 13.2 Å². The van der Waals surface area contributed by atoms with Gasteiger partial charge in [0.2, 0.25) is 0 Å². The normalized spacial score (nSPS) is 11.5. The minimum absolute atomic E-state index is 0.0204. The number of esters is 1. The molecule has 2 N–H and O–H groups in total. The van der Waals surface area contributed by atoms with Crippen LogP contribution in [-0.2, 0) is 16.0 Å². The lowest BCUT2D eigenvalue weighted by atomic mass is 10.00. The summed E-state index contributed by atoms with van der Waals surface area (Å²) < 4.78 is 5.19. The molecular formula is C22H32N2O6. The van der Waals surface area contributed by atoms with Crippen LogP contribution in [0.15, 0.2) is 46.8 Å². The number of aromatic hydroxyl groups is 2. The van der Waals surface area contributed by atoms with E-state index in [9.17, 15) is 19.9 Å². The maximum absolute atomic E-state index is 12.3. The van der Waals surface area contributed by atoms with Crippen molar-refractivity contribution in [3.8, 4) is 11.5 Å². The third kappa shape index (κ3) is 11.0. The molecule has 0 amide bonds. The fraction of sp³-hybridized carbons (Fsp3) is 0.455. The second-order valence-electron chi connectivity index (χ2n) is 6.44. The standard InChI is InChI=1S/C19H25NO5.C3H7NO/c1-4-6-8-10-25-19(23)18-14(12-16(21)13-17(18)22)11-15(20-24-3)9-7-5-2;1-3(2)4-5/h4,6-7,9,12-13,21-22H,5,8,10-11H2,1-3H3;3H,1-2H3/b6-4+,9-7+,20-15-;. The molecule has 1 rings (SSSR count). The molecule has 1 aromatic carbocycles. The number of allylic oxidation sites excluding steroid dienone is 3. The smallest absolute Gasteiger partial charge is 0.342 e. The Morgan fingerprint density at radius 1 is 1.23 bits per heavy atom. The molecule has 0 aliphatic carbocycles. The first-order valence-corrected chi connectivity index (χ1v) is 9.72. The molecule has 0 bridgehead atoms. The average Bonchev–Trinajstić information content (AvgIpc) is 2.69. The molecule has 1 aromatic rings. The zero-order valence-corrected chi connectivity index (χ0v) is 18.3. The molecule has 30 heavy (non-hydrogen) atoms. The zero-order chi connectivity index (χ0) is 22.9. The number of phenolic OH excluding ortho intramolecular Hbond substituents is 2. The van der Waals surface area contributed by atoms with E-state index >= 15 is 0 Å². The van der Waals surface area contributed by atoms with Crippen molar-refractivity contribution in [3.63, 3.8) is 0 Å². The summed E-state index contributed by atoms with van der Waals surface area (Å²) in [6.45, 7) is 7.55. The van der Waals surface area contributed by atoms with Crippen LogP contribution >= 0.6 is 0 Å². The van der Waals surface area contributed by atoms with E-state index in [1.807, 2.05) is 32.1 Å². The number of ether oxygens (including phenoxy) is 1. The molecule has 0 fully saturated rings. The van der Waals surface area contributed by atoms with Gasteiger partial charge in [-0.3, -0.25) is 0 Å². The fourth-order valence-corrected chi connectivity index (χ4v) is 2.19. The van der Waals surface area contributed by atoms with Gasteiger partial charge in [-0.15, -0.1) is 0 Å². The topological polar surface area (TPSA) is 118 Å². The number of oxime groups is 1. The van der Waals surface area contributed by atoms with Gasteiger partial charge in [0.25, 0.3) is 0 Å². The molecule has 0 aliphatic heterocycles. The molecule has 0 atom stereocenters. The molecule has 166 valence electrons. The molecule has 0 aliphatic rings. The van der Waals surface area contributed by atoms with Gasteiger partial charge in [-0.25, -0.2) is 4.79 Å². The summed E-state index contributed by atoms with van der Waals surface area (Å²) >= 11 is 0. The monoisotopic (exact) mass is 420 g/mol. The third-order valence-electron chi connectivity index (χ3n) is 3.48. The van der Waals surface area contributed by atoms with Gasteiger partial charge in [-0.05, 0) is 51.3 Å².